The molecule has 3 heteroatoms. The van der Waals surface area contributed by atoms with E-state index in [0.717, 1.165) is 5.56 Å². The van der Waals surface area contributed by atoms with Gasteiger partial charge in [-0.2, -0.15) is 0 Å². The lowest BCUT2D eigenvalue weighted by atomic mass is 10.1. The summed E-state index contributed by atoms with van der Waals surface area (Å²) in [6.07, 6.45) is -0.464. The minimum atomic E-state index is -0.464. The lowest BCUT2D eigenvalue weighted by molar-refractivity contribution is 0.138. The number of rotatable bonds is 3. The fraction of sp³-hybridized carbons (Fsp3) is 0.400. The largest absolute Gasteiger partial charge is 0.387 e. The topological polar surface area (TPSA) is 23.5 Å². The Morgan fingerprint density at radius 2 is 2.15 bits per heavy atom. The van der Waals surface area contributed by atoms with Gasteiger partial charge in [-0.25, -0.2) is 0 Å². The van der Waals surface area contributed by atoms with Crippen molar-refractivity contribution in [1.82, 2.24) is 4.90 Å². The van der Waals surface area contributed by atoms with Crippen molar-refractivity contribution in [3.8, 4) is 0 Å². The third kappa shape index (κ3) is 3.35. The van der Waals surface area contributed by atoms with Gasteiger partial charge in [-0.05, 0) is 31.8 Å². The summed E-state index contributed by atoms with van der Waals surface area (Å²) in [5, 5.41) is 10.4. The van der Waals surface area contributed by atoms with E-state index in [-0.39, 0.29) is 0 Å². The first kappa shape index (κ1) is 10.5. The molecular weight excluding hydrogens is 186 g/mol. The molecule has 1 unspecified atom stereocenters. The zero-order chi connectivity index (χ0) is 9.84. The van der Waals surface area contributed by atoms with E-state index in [2.05, 4.69) is 0 Å². The van der Waals surface area contributed by atoms with Crippen molar-refractivity contribution in [2.75, 3.05) is 20.6 Å². The number of benzene rings is 1. The third-order valence-corrected chi connectivity index (χ3v) is 2.01. The fourth-order valence-electron chi connectivity index (χ4n) is 1.17. The molecular formula is C10H14ClNO. The van der Waals surface area contributed by atoms with E-state index in [9.17, 15) is 5.11 Å². The first-order chi connectivity index (χ1) is 6.09. The molecule has 72 valence electrons. The summed E-state index contributed by atoms with van der Waals surface area (Å²) in [6.45, 7) is 0.611. The molecule has 0 saturated carbocycles. The molecule has 1 aromatic rings. The molecule has 13 heavy (non-hydrogen) atoms. The number of halogens is 1. The average molecular weight is 200 g/mol. The van der Waals surface area contributed by atoms with Crippen LogP contribution in [-0.4, -0.2) is 30.6 Å². The molecule has 0 spiro atoms. The first-order valence-corrected chi connectivity index (χ1v) is 4.55. The summed E-state index contributed by atoms with van der Waals surface area (Å²) in [6, 6.07) is 7.31. The number of likely N-dealkylation sites (N-methyl/N-ethyl adjacent to an activating group) is 1. The monoisotopic (exact) mass is 199 g/mol. The summed E-state index contributed by atoms with van der Waals surface area (Å²) in [7, 11) is 3.85. The van der Waals surface area contributed by atoms with Gasteiger partial charge in [0.15, 0.2) is 0 Å². The highest BCUT2D eigenvalue weighted by molar-refractivity contribution is 6.30. The second kappa shape index (κ2) is 4.61. The minimum Gasteiger partial charge on any atom is -0.387 e. The summed E-state index contributed by atoms with van der Waals surface area (Å²) in [5.41, 5.74) is 0.862. The van der Waals surface area contributed by atoms with Crippen molar-refractivity contribution in [1.29, 1.82) is 0 Å². The molecule has 0 radical (unpaired) electrons. The lowest BCUT2D eigenvalue weighted by Crippen LogP contribution is -2.19. The first-order valence-electron chi connectivity index (χ1n) is 4.18. The second-order valence-electron chi connectivity index (χ2n) is 3.33. The second-order valence-corrected chi connectivity index (χ2v) is 3.77. The van der Waals surface area contributed by atoms with E-state index in [1.54, 1.807) is 12.1 Å². The molecule has 0 aliphatic rings. The summed E-state index contributed by atoms with van der Waals surface area (Å²) in [5.74, 6) is 0. The van der Waals surface area contributed by atoms with Gasteiger partial charge in [0.05, 0.1) is 6.10 Å². The van der Waals surface area contributed by atoms with Crippen LogP contribution >= 0.6 is 11.6 Å². The van der Waals surface area contributed by atoms with Crippen LogP contribution in [-0.2, 0) is 0 Å². The average Bonchev–Trinajstić information content (AvgIpc) is 2.03. The maximum absolute atomic E-state index is 9.72. The molecule has 0 amide bonds. The van der Waals surface area contributed by atoms with Crippen molar-refractivity contribution in [3.05, 3.63) is 34.9 Å². The van der Waals surface area contributed by atoms with Crippen LogP contribution in [0, 0.1) is 0 Å². The number of hydrogen-bond donors (Lipinski definition) is 1. The normalized spacial score (nSPS) is 13.3. The number of aliphatic hydroxyl groups is 1. The Labute approximate surface area is 83.7 Å². The van der Waals surface area contributed by atoms with Crippen molar-refractivity contribution in [3.63, 3.8) is 0 Å². The van der Waals surface area contributed by atoms with E-state index in [1.165, 1.54) is 0 Å². The molecule has 0 heterocycles. The Hall–Kier alpha value is -0.570. The van der Waals surface area contributed by atoms with Gasteiger partial charge in [0, 0.05) is 11.6 Å². The smallest absolute Gasteiger partial charge is 0.0917 e. The molecule has 0 saturated heterocycles. The van der Waals surface area contributed by atoms with Gasteiger partial charge in [-0.15, -0.1) is 0 Å². The maximum Gasteiger partial charge on any atom is 0.0917 e. The van der Waals surface area contributed by atoms with Crippen molar-refractivity contribution >= 4 is 11.6 Å². The predicted octanol–water partition coefficient (Wildman–Crippen LogP) is 1.93. The third-order valence-electron chi connectivity index (χ3n) is 1.77. The van der Waals surface area contributed by atoms with Crippen molar-refractivity contribution < 1.29 is 5.11 Å². The van der Waals surface area contributed by atoms with Crippen LogP contribution in [0.5, 0.6) is 0 Å². The van der Waals surface area contributed by atoms with Crippen molar-refractivity contribution in [2.45, 2.75) is 6.10 Å². The molecule has 1 N–H and O–H groups in total. The summed E-state index contributed by atoms with van der Waals surface area (Å²) < 4.78 is 0. The predicted molar refractivity (Wildman–Crippen MR) is 55.0 cm³/mol. The Balaban J connectivity index is 2.71. The highest BCUT2D eigenvalue weighted by Gasteiger charge is 2.08. The van der Waals surface area contributed by atoms with Crippen LogP contribution < -0.4 is 0 Å². The molecule has 0 aliphatic carbocycles. The molecule has 0 fully saturated rings. The Morgan fingerprint density at radius 1 is 1.46 bits per heavy atom. The molecule has 1 rings (SSSR count). The highest BCUT2D eigenvalue weighted by atomic mass is 35.5. The van der Waals surface area contributed by atoms with Gasteiger partial charge in [0.2, 0.25) is 0 Å². The Bertz CT molecular complexity index is 275. The number of hydrogen-bond acceptors (Lipinski definition) is 2. The van der Waals surface area contributed by atoms with E-state index < -0.39 is 6.10 Å². The quantitative estimate of drug-likeness (QED) is 0.805. The van der Waals surface area contributed by atoms with E-state index in [0.29, 0.717) is 11.6 Å². The van der Waals surface area contributed by atoms with Crippen LogP contribution in [0.1, 0.15) is 11.7 Å². The van der Waals surface area contributed by atoms with E-state index in [1.807, 2.05) is 31.1 Å². The molecule has 0 bridgehead atoms. The molecule has 0 aliphatic heterocycles. The van der Waals surface area contributed by atoms with Gasteiger partial charge >= 0.3 is 0 Å². The standard InChI is InChI=1S/C10H14ClNO/c1-12(2)7-10(13)8-4-3-5-9(11)6-8/h3-6,10,13H,7H2,1-2H3. The van der Waals surface area contributed by atoms with E-state index >= 15 is 0 Å². The van der Waals surface area contributed by atoms with Gasteiger partial charge < -0.3 is 10.0 Å². The lowest BCUT2D eigenvalue weighted by Gasteiger charge is -2.16. The molecule has 1 atom stereocenters. The van der Waals surface area contributed by atoms with Crippen LogP contribution in [0.25, 0.3) is 0 Å². The van der Waals surface area contributed by atoms with E-state index in [4.69, 9.17) is 11.6 Å². The number of aliphatic hydroxyl groups excluding tert-OH is 1. The van der Waals surface area contributed by atoms with Gasteiger partial charge in [-0.3, -0.25) is 0 Å². The molecule has 1 aromatic carbocycles. The van der Waals surface area contributed by atoms with Gasteiger partial charge in [-0.1, -0.05) is 23.7 Å². The SMILES string of the molecule is CN(C)CC(O)c1cccc(Cl)c1. The zero-order valence-electron chi connectivity index (χ0n) is 7.87. The summed E-state index contributed by atoms with van der Waals surface area (Å²) in [4.78, 5) is 1.94. The maximum atomic E-state index is 9.72. The zero-order valence-corrected chi connectivity index (χ0v) is 8.62. The molecule has 2 nitrogen and oxygen atoms in total. The van der Waals surface area contributed by atoms with Gasteiger partial charge in [0.25, 0.3) is 0 Å². The minimum absolute atomic E-state index is 0.464. The summed E-state index contributed by atoms with van der Waals surface area (Å²) >= 11 is 5.80. The van der Waals surface area contributed by atoms with Crippen molar-refractivity contribution in [2.24, 2.45) is 0 Å². The van der Waals surface area contributed by atoms with Crippen LogP contribution in [0.2, 0.25) is 5.02 Å². The molecule has 0 aromatic heterocycles. The fourth-order valence-corrected chi connectivity index (χ4v) is 1.36. The van der Waals surface area contributed by atoms with Crippen LogP contribution in [0.15, 0.2) is 24.3 Å². The Morgan fingerprint density at radius 3 is 2.69 bits per heavy atom. The van der Waals surface area contributed by atoms with Gasteiger partial charge in [0.1, 0.15) is 0 Å². The van der Waals surface area contributed by atoms with Crippen LogP contribution in [0.3, 0.4) is 0 Å². The van der Waals surface area contributed by atoms with Crippen LogP contribution in [0.4, 0.5) is 0 Å². The number of nitrogens with zero attached hydrogens (tertiary/aromatic N) is 1. The Kier molecular flexibility index (Phi) is 3.72. The highest BCUT2D eigenvalue weighted by Crippen LogP contribution is 2.17.